The molecule has 2 fully saturated rings. The van der Waals surface area contributed by atoms with Gasteiger partial charge in [-0.25, -0.2) is 0 Å². The Morgan fingerprint density at radius 1 is 1.27 bits per heavy atom. The van der Waals surface area contributed by atoms with Crippen molar-refractivity contribution in [3.8, 4) is 0 Å². The van der Waals surface area contributed by atoms with Crippen molar-refractivity contribution in [1.82, 2.24) is 4.90 Å². The molecule has 88 valence electrons. The van der Waals surface area contributed by atoms with Crippen LogP contribution in [0.4, 0.5) is 0 Å². The summed E-state index contributed by atoms with van der Waals surface area (Å²) in [6.07, 6.45) is 8.70. The van der Waals surface area contributed by atoms with E-state index in [1.54, 1.807) is 0 Å². The minimum absolute atomic E-state index is 0.0199. The third kappa shape index (κ3) is 2.73. The van der Waals surface area contributed by atoms with Crippen molar-refractivity contribution in [2.45, 2.75) is 64.0 Å². The molecule has 3 unspecified atom stereocenters. The molecule has 3 atom stereocenters. The van der Waals surface area contributed by atoms with Crippen molar-refractivity contribution in [1.29, 1.82) is 0 Å². The molecule has 1 saturated carbocycles. The second-order valence-corrected chi connectivity index (χ2v) is 5.33. The number of nitrogens with zero attached hydrogens (tertiary/aromatic N) is 1. The minimum Gasteiger partial charge on any atom is -0.393 e. The molecule has 2 rings (SSSR count). The number of hydrogen-bond acceptors (Lipinski definition) is 2. The molecule has 1 aliphatic carbocycles. The molecule has 1 saturated heterocycles. The van der Waals surface area contributed by atoms with E-state index in [2.05, 4.69) is 11.8 Å². The van der Waals surface area contributed by atoms with Crippen LogP contribution in [0.15, 0.2) is 0 Å². The Morgan fingerprint density at radius 3 is 2.93 bits per heavy atom. The Bertz CT molecular complexity index is 195. The number of piperidine rings is 1. The number of aliphatic hydroxyl groups is 1. The molecule has 0 bridgehead atoms. The van der Waals surface area contributed by atoms with E-state index >= 15 is 0 Å². The molecule has 15 heavy (non-hydrogen) atoms. The number of fused-ring (bicyclic) bond motifs is 1. The highest BCUT2D eigenvalue weighted by atomic mass is 16.3. The first kappa shape index (κ1) is 11.4. The maximum atomic E-state index is 9.76. The van der Waals surface area contributed by atoms with Gasteiger partial charge in [0.1, 0.15) is 0 Å². The van der Waals surface area contributed by atoms with Crippen LogP contribution in [0, 0.1) is 5.92 Å². The number of unbranched alkanes of at least 4 members (excludes halogenated alkanes) is 1. The molecule has 1 heterocycles. The fourth-order valence-electron chi connectivity index (χ4n) is 3.33. The van der Waals surface area contributed by atoms with E-state index in [0.717, 1.165) is 18.8 Å². The van der Waals surface area contributed by atoms with Crippen molar-refractivity contribution in [2.24, 2.45) is 5.92 Å². The van der Waals surface area contributed by atoms with Crippen LogP contribution in [0.5, 0.6) is 0 Å². The van der Waals surface area contributed by atoms with Gasteiger partial charge < -0.3 is 10.0 Å². The van der Waals surface area contributed by atoms with Crippen molar-refractivity contribution in [3.63, 3.8) is 0 Å². The lowest BCUT2D eigenvalue weighted by atomic mass is 9.77. The van der Waals surface area contributed by atoms with Crippen molar-refractivity contribution < 1.29 is 5.11 Å². The van der Waals surface area contributed by atoms with E-state index < -0.39 is 0 Å². The molecule has 2 aliphatic rings. The average molecular weight is 211 g/mol. The van der Waals surface area contributed by atoms with Gasteiger partial charge in [0.15, 0.2) is 0 Å². The second-order valence-electron chi connectivity index (χ2n) is 5.33. The summed E-state index contributed by atoms with van der Waals surface area (Å²) in [5, 5.41) is 9.76. The average Bonchev–Trinajstić information content (AvgIpc) is 2.26. The molecule has 2 heteroatoms. The zero-order chi connectivity index (χ0) is 10.7. The lowest BCUT2D eigenvalue weighted by molar-refractivity contribution is 0.00173. The first-order valence-electron chi connectivity index (χ1n) is 6.73. The summed E-state index contributed by atoms with van der Waals surface area (Å²) in [7, 11) is 0. The molecule has 0 spiro atoms. The van der Waals surface area contributed by atoms with Gasteiger partial charge in [-0.1, -0.05) is 13.3 Å². The van der Waals surface area contributed by atoms with Crippen LogP contribution in [-0.2, 0) is 0 Å². The fourth-order valence-corrected chi connectivity index (χ4v) is 3.33. The van der Waals surface area contributed by atoms with Gasteiger partial charge >= 0.3 is 0 Å². The first-order chi connectivity index (χ1) is 7.31. The topological polar surface area (TPSA) is 23.5 Å². The lowest BCUT2D eigenvalue weighted by Gasteiger charge is -2.45. The van der Waals surface area contributed by atoms with Gasteiger partial charge in [-0.3, -0.25) is 0 Å². The predicted octanol–water partition coefficient (Wildman–Crippen LogP) is 2.41. The first-order valence-corrected chi connectivity index (χ1v) is 6.73. The zero-order valence-corrected chi connectivity index (χ0v) is 9.99. The van der Waals surface area contributed by atoms with E-state index in [4.69, 9.17) is 0 Å². The summed E-state index contributed by atoms with van der Waals surface area (Å²) in [6, 6.07) is 0.703. The van der Waals surface area contributed by atoms with Crippen LogP contribution in [0.1, 0.15) is 51.9 Å². The normalized spacial score (nSPS) is 37.6. The predicted molar refractivity (Wildman–Crippen MR) is 62.9 cm³/mol. The van der Waals surface area contributed by atoms with Crippen LogP contribution in [-0.4, -0.2) is 35.2 Å². The Morgan fingerprint density at radius 2 is 2.13 bits per heavy atom. The number of aliphatic hydroxyl groups excluding tert-OH is 1. The summed E-state index contributed by atoms with van der Waals surface area (Å²) in [5.74, 6) is 0.888. The van der Waals surface area contributed by atoms with Crippen LogP contribution < -0.4 is 0 Å². The molecule has 2 nitrogen and oxygen atoms in total. The maximum absolute atomic E-state index is 9.76. The molecule has 0 amide bonds. The highest BCUT2D eigenvalue weighted by molar-refractivity contribution is 4.89. The van der Waals surface area contributed by atoms with Gasteiger partial charge in [-0.05, 0) is 57.5 Å². The van der Waals surface area contributed by atoms with Gasteiger partial charge in [-0.15, -0.1) is 0 Å². The van der Waals surface area contributed by atoms with Crippen LogP contribution in [0.25, 0.3) is 0 Å². The molecule has 0 aromatic rings. The minimum atomic E-state index is -0.0199. The molecule has 0 aromatic heterocycles. The molecule has 0 radical (unpaired) electrons. The summed E-state index contributed by atoms with van der Waals surface area (Å²) in [4.78, 5) is 2.65. The fraction of sp³-hybridized carbons (Fsp3) is 1.00. The number of likely N-dealkylation sites (tertiary alicyclic amines) is 1. The highest BCUT2D eigenvalue weighted by Crippen LogP contribution is 2.35. The van der Waals surface area contributed by atoms with Gasteiger partial charge in [-0.2, -0.15) is 0 Å². The van der Waals surface area contributed by atoms with Crippen molar-refractivity contribution in [3.05, 3.63) is 0 Å². The Balaban J connectivity index is 1.91. The van der Waals surface area contributed by atoms with Gasteiger partial charge in [0.25, 0.3) is 0 Å². The number of rotatable bonds is 3. The van der Waals surface area contributed by atoms with Gasteiger partial charge in [0.2, 0.25) is 0 Å². The van der Waals surface area contributed by atoms with Gasteiger partial charge in [0.05, 0.1) is 6.10 Å². The summed E-state index contributed by atoms with van der Waals surface area (Å²) in [5.41, 5.74) is 0. The molecule has 1 aliphatic heterocycles. The SMILES string of the molecule is CCCCN1CCCC2CCC(O)CC21. The molecule has 0 aromatic carbocycles. The van der Waals surface area contributed by atoms with E-state index in [0.29, 0.717) is 6.04 Å². The lowest BCUT2D eigenvalue weighted by Crippen LogP contribution is -2.49. The standard InChI is InChI=1S/C13H25NO/c1-2-3-8-14-9-4-5-11-6-7-12(15)10-13(11)14/h11-13,15H,2-10H2,1H3. The van der Waals surface area contributed by atoms with Crippen molar-refractivity contribution in [2.75, 3.05) is 13.1 Å². The monoisotopic (exact) mass is 211 g/mol. The highest BCUT2D eigenvalue weighted by Gasteiger charge is 2.35. The second kappa shape index (κ2) is 5.31. The third-order valence-corrected chi connectivity index (χ3v) is 4.22. The van der Waals surface area contributed by atoms with E-state index in [9.17, 15) is 5.11 Å². The quantitative estimate of drug-likeness (QED) is 0.775. The Hall–Kier alpha value is -0.0800. The zero-order valence-electron chi connectivity index (χ0n) is 9.99. The molecule has 1 N–H and O–H groups in total. The van der Waals surface area contributed by atoms with Crippen LogP contribution in [0.3, 0.4) is 0 Å². The third-order valence-electron chi connectivity index (χ3n) is 4.22. The van der Waals surface area contributed by atoms with E-state index in [1.165, 1.54) is 45.2 Å². The summed E-state index contributed by atoms with van der Waals surface area (Å²) < 4.78 is 0. The van der Waals surface area contributed by atoms with Gasteiger partial charge in [0, 0.05) is 6.04 Å². The summed E-state index contributed by atoms with van der Waals surface area (Å²) >= 11 is 0. The molecular weight excluding hydrogens is 186 g/mol. The maximum Gasteiger partial charge on any atom is 0.0555 e. The smallest absolute Gasteiger partial charge is 0.0555 e. The van der Waals surface area contributed by atoms with E-state index in [1.807, 2.05) is 0 Å². The van der Waals surface area contributed by atoms with E-state index in [-0.39, 0.29) is 6.10 Å². The molecular formula is C13H25NO. The summed E-state index contributed by atoms with van der Waals surface area (Å²) in [6.45, 7) is 4.79. The Kier molecular flexibility index (Phi) is 4.04. The largest absolute Gasteiger partial charge is 0.393 e. The van der Waals surface area contributed by atoms with Crippen LogP contribution in [0.2, 0.25) is 0 Å². The van der Waals surface area contributed by atoms with Crippen molar-refractivity contribution >= 4 is 0 Å². The number of hydrogen-bond donors (Lipinski definition) is 1. The van der Waals surface area contributed by atoms with Crippen LogP contribution >= 0.6 is 0 Å². The Labute approximate surface area is 93.7 Å².